The van der Waals surface area contributed by atoms with Gasteiger partial charge in [0.2, 0.25) is 11.8 Å². The number of hydrogen-bond acceptors (Lipinski definition) is 4. The fraction of sp³-hybridized carbons (Fsp3) is 0.389. The fourth-order valence-electron chi connectivity index (χ4n) is 2.69. The van der Waals surface area contributed by atoms with E-state index in [-0.39, 0.29) is 23.7 Å². The zero-order chi connectivity index (χ0) is 18.2. The first-order valence-electron chi connectivity index (χ1n) is 8.08. The number of rotatable bonds is 3. The summed E-state index contributed by atoms with van der Waals surface area (Å²) in [7, 11) is 0. The molecule has 0 radical (unpaired) electrons. The van der Waals surface area contributed by atoms with E-state index in [9.17, 15) is 9.59 Å². The summed E-state index contributed by atoms with van der Waals surface area (Å²) in [6.07, 6.45) is 0.183. The van der Waals surface area contributed by atoms with Gasteiger partial charge in [0.1, 0.15) is 5.76 Å². The van der Waals surface area contributed by atoms with Gasteiger partial charge in [-0.05, 0) is 18.2 Å². The van der Waals surface area contributed by atoms with Gasteiger partial charge >= 0.3 is 0 Å². The highest BCUT2D eigenvalue weighted by Crippen LogP contribution is 2.29. The predicted molar refractivity (Wildman–Crippen MR) is 98.4 cm³/mol. The predicted octanol–water partition coefficient (Wildman–Crippen LogP) is 3.73. The van der Waals surface area contributed by atoms with Gasteiger partial charge in [-0.3, -0.25) is 9.59 Å². The van der Waals surface area contributed by atoms with Crippen LogP contribution in [0.1, 0.15) is 33.0 Å². The third-order valence-electron chi connectivity index (χ3n) is 4.12. The second-order valence-electron chi connectivity index (χ2n) is 7.20. The minimum absolute atomic E-state index is 0.0613. The number of aromatic nitrogens is 1. The van der Waals surface area contributed by atoms with E-state index >= 15 is 0 Å². The van der Waals surface area contributed by atoms with Crippen molar-refractivity contribution in [2.75, 3.05) is 16.8 Å². The Bertz CT molecular complexity index is 810. The molecule has 2 aromatic rings. The molecule has 1 N–H and O–H groups in total. The molecule has 0 spiro atoms. The van der Waals surface area contributed by atoms with Gasteiger partial charge in [0, 0.05) is 34.6 Å². The van der Waals surface area contributed by atoms with Crippen LogP contribution in [0.2, 0.25) is 0 Å². The van der Waals surface area contributed by atoms with Gasteiger partial charge in [-0.25, -0.2) is 0 Å². The molecule has 6 nitrogen and oxygen atoms in total. The molecular weight excluding hydrogens is 386 g/mol. The van der Waals surface area contributed by atoms with Crippen LogP contribution in [-0.2, 0) is 15.0 Å². The number of nitrogens with zero attached hydrogens (tertiary/aromatic N) is 2. The van der Waals surface area contributed by atoms with Crippen LogP contribution in [0.25, 0.3) is 0 Å². The Hall–Kier alpha value is -2.15. The lowest BCUT2D eigenvalue weighted by Gasteiger charge is -2.16. The van der Waals surface area contributed by atoms with Gasteiger partial charge in [0.15, 0.2) is 5.82 Å². The molecule has 2 amide bonds. The van der Waals surface area contributed by atoms with Crippen LogP contribution >= 0.6 is 15.9 Å². The lowest BCUT2D eigenvalue weighted by molar-refractivity contribution is -0.122. The maximum atomic E-state index is 12.5. The summed E-state index contributed by atoms with van der Waals surface area (Å²) in [6, 6.07) is 9.21. The first-order chi connectivity index (χ1) is 11.7. The molecule has 1 unspecified atom stereocenters. The van der Waals surface area contributed by atoms with E-state index in [1.54, 1.807) is 11.0 Å². The maximum absolute atomic E-state index is 12.5. The second kappa shape index (κ2) is 6.63. The summed E-state index contributed by atoms with van der Waals surface area (Å²) in [5, 5.41) is 6.64. The lowest BCUT2D eigenvalue weighted by Crippen LogP contribution is -2.28. The van der Waals surface area contributed by atoms with Gasteiger partial charge in [0.25, 0.3) is 0 Å². The summed E-state index contributed by atoms with van der Waals surface area (Å²) in [6.45, 7) is 6.37. The third kappa shape index (κ3) is 3.92. The van der Waals surface area contributed by atoms with Crippen molar-refractivity contribution in [3.05, 3.63) is 40.6 Å². The summed E-state index contributed by atoms with van der Waals surface area (Å²) in [4.78, 5) is 26.4. The Morgan fingerprint density at radius 1 is 1.36 bits per heavy atom. The second-order valence-corrected chi connectivity index (χ2v) is 8.12. The Labute approximate surface area is 154 Å². The Balaban J connectivity index is 1.68. The Kier molecular flexibility index (Phi) is 4.69. The zero-order valence-electron chi connectivity index (χ0n) is 14.4. The largest absolute Gasteiger partial charge is 0.359 e. The van der Waals surface area contributed by atoms with Gasteiger partial charge in [-0.15, -0.1) is 0 Å². The van der Waals surface area contributed by atoms with Crippen molar-refractivity contribution in [3.8, 4) is 0 Å². The molecular formula is C18H20BrN3O3. The molecule has 1 aliphatic rings. The van der Waals surface area contributed by atoms with Crippen molar-refractivity contribution < 1.29 is 14.1 Å². The van der Waals surface area contributed by atoms with Crippen molar-refractivity contribution in [2.45, 2.75) is 32.6 Å². The zero-order valence-corrected chi connectivity index (χ0v) is 16.0. The standard InChI is InChI=1S/C18H20BrN3O3/c1-18(2,3)14-9-15(21-25-14)20-17(24)11-7-16(23)22(10-11)13-6-4-5-12(19)8-13/h4-6,8-9,11H,7,10H2,1-3H3,(H,20,21,24). The quantitative estimate of drug-likeness (QED) is 0.843. The summed E-state index contributed by atoms with van der Waals surface area (Å²) in [5.74, 6) is 0.374. The van der Waals surface area contributed by atoms with Gasteiger partial charge in [-0.1, -0.05) is 47.9 Å². The summed E-state index contributed by atoms with van der Waals surface area (Å²) in [5.41, 5.74) is 0.600. The van der Waals surface area contributed by atoms with Gasteiger partial charge in [0.05, 0.1) is 5.92 Å². The molecule has 3 rings (SSSR count). The van der Waals surface area contributed by atoms with Crippen molar-refractivity contribution in [3.63, 3.8) is 0 Å². The number of hydrogen-bond donors (Lipinski definition) is 1. The molecule has 0 aliphatic carbocycles. The average molecular weight is 406 g/mol. The number of anilines is 2. The van der Waals surface area contributed by atoms with Crippen LogP contribution in [0, 0.1) is 5.92 Å². The Morgan fingerprint density at radius 2 is 2.12 bits per heavy atom. The highest BCUT2D eigenvalue weighted by molar-refractivity contribution is 9.10. The van der Waals surface area contributed by atoms with Crippen molar-refractivity contribution in [2.24, 2.45) is 5.92 Å². The van der Waals surface area contributed by atoms with E-state index in [1.807, 2.05) is 45.0 Å². The number of benzene rings is 1. The normalized spacial score (nSPS) is 17.8. The van der Waals surface area contributed by atoms with Crippen LogP contribution in [0.3, 0.4) is 0 Å². The summed E-state index contributed by atoms with van der Waals surface area (Å²) < 4.78 is 6.16. The van der Waals surface area contributed by atoms with Crippen LogP contribution < -0.4 is 10.2 Å². The van der Waals surface area contributed by atoms with Crippen LogP contribution in [0.15, 0.2) is 39.3 Å². The van der Waals surface area contributed by atoms with E-state index < -0.39 is 5.92 Å². The highest BCUT2D eigenvalue weighted by Gasteiger charge is 2.35. The molecule has 2 heterocycles. The number of amides is 2. The number of nitrogens with one attached hydrogen (secondary N) is 1. The smallest absolute Gasteiger partial charge is 0.231 e. The minimum Gasteiger partial charge on any atom is -0.359 e. The van der Waals surface area contributed by atoms with E-state index in [2.05, 4.69) is 26.4 Å². The summed E-state index contributed by atoms with van der Waals surface area (Å²) >= 11 is 3.40. The molecule has 1 aromatic heterocycles. The maximum Gasteiger partial charge on any atom is 0.231 e. The van der Waals surface area contributed by atoms with E-state index in [0.717, 1.165) is 10.2 Å². The van der Waals surface area contributed by atoms with E-state index in [1.165, 1.54) is 0 Å². The molecule has 1 aliphatic heterocycles. The number of halogens is 1. The average Bonchev–Trinajstić information content (AvgIpc) is 3.13. The van der Waals surface area contributed by atoms with Crippen molar-refractivity contribution in [1.82, 2.24) is 5.16 Å². The molecule has 0 bridgehead atoms. The molecule has 132 valence electrons. The van der Waals surface area contributed by atoms with Crippen molar-refractivity contribution >= 4 is 39.2 Å². The van der Waals surface area contributed by atoms with Crippen LogP contribution in [0.4, 0.5) is 11.5 Å². The third-order valence-corrected chi connectivity index (χ3v) is 4.61. The molecule has 25 heavy (non-hydrogen) atoms. The first kappa shape index (κ1) is 17.7. The number of carbonyl (C=O) groups excluding carboxylic acids is 2. The Morgan fingerprint density at radius 3 is 2.76 bits per heavy atom. The van der Waals surface area contributed by atoms with Crippen molar-refractivity contribution in [1.29, 1.82) is 0 Å². The fourth-order valence-corrected chi connectivity index (χ4v) is 3.08. The lowest BCUT2D eigenvalue weighted by atomic mass is 9.93. The van der Waals surface area contributed by atoms with Gasteiger partial charge in [-0.2, -0.15) is 0 Å². The minimum atomic E-state index is -0.415. The molecule has 1 fully saturated rings. The highest BCUT2D eigenvalue weighted by atomic mass is 79.9. The molecule has 1 aromatic carbocycles. The molecule has 1 saturated heterocycles. The topological polar surface area (TPSA) is 75.4 Å². The van der Waals surface area contributed by atoms with Crippen LogP contribution in [-0.4, -0.2) is 23.5 Å². The first-order valence-corrected chi connectivity index (χ1v) is 8.87. The molecule has 7 heteroatoms. The van der Waals surface area contributed by atoms with E-state index in [4.69, 9.17) is 4.52 Å². The molecule has 0 saturated carbocycles. The molecule has 1 atom stereocenters. The number of carbonyl (C=O) groups is 2. The van der Waals surface area contributed by atoms with Gasteiger partial charge < -0.3 is 14.7 Å². The van der Waals surface area contributed by atoms with E-state index in [0.29, 0.717) is 18.1 Å². The SMILES string of the molecule is CC(C)(C)c1cc(NC(=O)C2CC(=O)N(c3cccc(Br)c3)C2)no1. The van der Waals surface area contributed by atoms with Crippen LogP contribution in [0.5, 0.6) is 0 Å². The monoisotopic (exact) mass is 405 g/mol.